The number of carbonyl (C=O) groups excluding carboxylic acids is 1. The number of amides is 1. The number of aliphatic hydroxyl groups is 1. The lowest BCUT2D eigenvalue weighted by Gasteiger charge is -2.21. The molecule has 1 aliphatic heterocycles. The first-order chi connectivity index (χ1) is 9.70. The van der Waals surface area contributed by atoms with Gasteiger partial charge in [0.25, 0.3) is 0 Å². The van der Waals surface area contributed by atoms with Gasteiger partial charge in [-0.25, -0.2) is 0 Å². The summed E-state index contributed by atoms with van der Waals surface area (Å²) in [6.07, 6.45) is 2.36. The molecule has 0 radical (unpaired) electrons. The second-order valence-corrected chi connectivity index (χ2v) is 5.01. The van der Waals surface area contributed by atoms with Crippen molar-refractivity contribution in [2.45, 2.75) is 31.8 Å². The molecule has 1 saturated heterocycles. The summed E-state index contributed by atoms with van der Waals surface area (Å²) >= 11 is 0. The SMILES string of the molecule is NC(=O)C1CCCN1Cc1cccc(C#CCCO)c1. The third-order valence-electron chi connectivity index (χ3n) is 3.47. The number of hydrogen-bond donors (Lipinski definition) is 2. The molecule has 0 bridgehead atoms. The zero-order valence-electron chi connectivity index (χ0n) is 11.5. The predicted molar refractivity (Wildman–Crippen MR) is 77.6 cm³/mol. The Hall–Kier alpha value is -1.83. The molecule has 1 amide bonds. The summed E-state index contributed by atoms with van der Waals surface area (Å²) in [5.41, 5.74) is 7.50. The molecule has 106 valence electrons. The highest BCUT2D eigenvalue weighted by molar-refractivity contribution is 5.80. The molecule has 20 heavy (non-hydrogen) atoms. The van der Waals surface area contributed by atoms with Crippen molar-refractivity contribution in [3.05, 3.63) is 35.4 Å². The van der Waals surface area contributed by atoms with Crippen LogP contribution in [0, 0.1) is 11.8 Å². The molecule has 2 rings (SSSR count). The maximum Gasteiger partial charge on any atom is 0.234 e. The normalized spacial score (nSPS) is 18.6. The highest BCUT2D eigenvalue weighted by atomic mass is 16.2. The number of likely N-dealkylation sites (tertiary alicyclic amines) is 1. The van der Waals surface area contributed by atoms with Crippen LogP contribution in [0.4, 0.5) is 0 Å². The fraction of sp³-hybridized carbons (Fsp3) is 0.438. The summed E-state index contributed by atoms with van der Waals surface area (Å²) in [6, 6.07) is 7.84. The third-order valence-corrected chi connectivity index (χ3v) is 3.47. The number of carbonyl (C=O) groups is 1. The first kappa shape index (κ1) is 14.6. The zero-order chi connectivity index (χ0) is 14.4. The van der Waals surface area contributed by atoms with Crippen LogP contribution in [-0.2, 0) is 11.3 Å². The van der Waals surface area contributed by atoms with Crippen LogP contribution in [0.25, 0.3) is 0 Å². The monoisotopic (exact) mass is 272 g/mol. The van der Waals surface area contributed by atoms with E-state index in [2.05, 4.69) is 16.7 Å². The molecule has 3 N–H and O–H groups in total. The number of rotatable bonds is 4. The first-order valence-electron chi connectivity index (χ1n) is 6.93. The molecule has 4 nitrogen and oxygen atoms in total. The predicted octanol–water partition coefficient (Wildman–Crippen LogP) is 0.870. The van der Waals surface area contributed by atoms with Crippen LogP contribution in [0.2, 0.25) is 0 Å². The average Bonchev–Trinajstić information content (AvgIpc) is 2.88. The molecule has 1 aliphatic rings. The Kier molecular flexibility index (Phi) is 5.16. The lowest BCUT2D eigenvalue weighted by atomic mass is 10.1. The van der Waals surface area contributed by atoms with Gasteiger partial charge in [0.15, 0.2) is 0 Å². The molecular weight excluding hydrogens is 252 g/mol. The molecule has 1 atom stereocenters. The topological polar surface area (TPSA) is 66.6 Å². The Morgan fingerprint density at radius 2 is 2.35 bits per heavy atom. The molecule has 0 aromatic heterocycles. The molecule has 1 aromatic rings. The zero-order valence-corrected chi connectivity index (χ0v) is 11.5. The van der Waals surface area contributed by atoms with Gasteiger partial charge in [-0.15, -0.1) is 0 Å². The van der Waals surface area contributed by atoms with E-state index in [0.717, 1.165) is 37.1 Å². The molecule has 1 aromatic carbocycles. The van der Waals surface area contributed by atoms with Crippen molar-refractivity contribution in [1.82, 2.24) is 4.90 Å². The van der Waals surface area contributed by atoms with Crippen LogP contribution in [0.3, 0.4) is 0 Å². The van der Waals surface area contributed by atoms with Gasteiger partial charge < -0.3 is 10.8 Å². The maximum absolute atomic E-state index is 11.4. The Morgan fingerprint density at radius 1 is 1.50 bits per heavy atom. The Bertz CT molecular complexity index is 531. The second-order valence-electron chi connectivity index (χ2n) is 5.01. The third kappa shape index (κ3) is 3.83. The van der Waals surface area contributed by atoms with Crippen molar-refractivity contribution in [3.8, 4) is 11.8 Å². The number of primary amides is 1. The summed E-state index contributed by atoms with van der Waals surface area (Å²) in [5.74, 6) is 5.70. The summed E-state index contributed by atoms with van der Waals surface area (Å²) in [5, 5.41) is 8.72. The van der Waals surface area contributed by atoms with Gasteiger partial charge in [-0.1, -0.05) is 24.0 Å². The molecule has 1 unspecified atom stereocenters. The average molecular weight is 272 g/mol. The Morgan fingerprint density at radius 3 is 3.10 bits per heavy atom. The van der Waals surface area contributed by atoms with Crippen molar-refractivity contribution in [2.24, 2.45) is 5.73 Å². The highest BCUT2D eigenvalue weighted by Crippen LogP contribution is 2.20. The highest BCUT2D eigenvalue weighted by Gasteiger charge is 2.28. The quantitative estimate of drug-likeness (QED) is 0.799. The largest absolute Gasteiger partial charge is 0.395 e. The molecule has 0 spiro atoms. The molecule has 1 heterocycles. The number of nitrogens with zero attached hydrogens (tertiary/aromatic N) is 1. The summed E-state index contributed by atoms with van der Waals surface area (Å²) < 4.78 is 0. The van der Waals surface area contributed by atoms with Crippen molar-refractivity contribution >= 4 is 5.91 Å². The van der Waals surface area contributed by atoms with Crippen LogP contribution in [0.1, 0.15) is 30.4 Å². The lowest BCUT2D eigenvalue weighted by molar-refractivity contribution is -0.122. The van der Waals surface area contributed by atoms with Crippen LogP contribution >= 0.6 is 0 Å². The number of aliphatic hydroxyl groups excluding tert-OH is 1. The molecular formula is C16H20N2O2. The minimum absolute atomic E-state index is 0.0841. The van der Waals surface area contributed by atoms with Gasteiger partial charge in [-0.3, -0.25) is 9.69 Å². The van der Waals surface area contributed by atoms with Gasteiger partial charge >= 0.3 is 0 Å². The van der Waals surface area contributed by atoms with Crippen molar-refractivity contribution in [3.63, 3.8) is 0 Å². The fourth-order valence-electron chi connectivity index (χ4n) is 2.54. The van der Waals surface area contributed by atoms with Crippen molar-refractivity contribution in [2.75, 3.05) is 13.2 Å². The maximum atomic E-state index is 11.4. The van der Waals surface area contributed by atoms with E-state index < -0.39 is 0 Å². The standard InChI is InChI=1S/C16H20N2O2/c17-16(20)15-8-4-9-18(15)12-14-7-3-6-13(11-14)5-1-2-10-19/h3,6-7,11,15,19H,2,4,8-10,12H2,(H2,17,20). The van der Waals surface area contributed by atoms with E-state index >= 15 is 0 Å². The Balaban J connectivity index is 2.05. The van der Waals surface area contributed by atoms with Crippen LogP contribution in [-0.4, -0.2) is 35.1 Å². The van der Waals surface area contributed by atoms with Gasteiger partial charge in [0, 0.05) is 18.5 Å². The smallest absolute Gasteiger partial charge is 0.234 e. The minimum Gasteiger partial charge on any atom is -0.395 e. The van der Waals surface area contributed by atoms with Gasteiger partial charge in [0.05, 0.1) is 12.6 Å². The van der Waals surface area contributed by atoms with E-state index in [4.69, 9.17) is 10.8 Å². The lowest BCUT2D eigenvalue weighted by Crippen LogP contribution is -2.39. The number of hydrogen-bond acceptors (Lipinski definition) is 3. The fourth-order valence-corrected chi connectivity index (χ4v) is 2.54. The summed E-state index contributed by atoms with van der Waals surface area (Å²) in [4.78, 5) is 13.5. The van der Waals surface area contributed by atoms with Gasteiger partial charge in [-0.2, -0.15) is 0 Å². The summed E-state index contributed by atoms with van der Waals surface area (Å²) in [6.45, 7) is 1.72. The summed E-state index contributed by atoms with van der Waals surface area (Å²) in [7, 11) is 0. The molecule has 0 aliphatic carbocycles. The van der Waals surface area contributed by atoms with E-state index in [-0.39, 0.29) is 18.6 Å². The van der Waals surface area contributed by atoms with Gasteiger partial charge in [0.2, 0.25) is 5.91 Å². The van der Waals surface area contributed by atoms with E-state index in [9.17, 15) is 4.79 Å². The van der Waals surface area contributed by atoms with Gasteiger partial charge in [0.1, 0.15) is 0 Å². The van der Waals surface area contributed by atoms with Crippen LogP contribution < -0.4 is 5.73 Å². The van der Waals surface area contributed by atoms with Crippen molar-refractivity contribution in [1.29, 1.82) is 0 Å². The molecule has 0 saturated carbocycles. The molecule has 1 fully saturated rings. The Labute approximate surface area is 119 Å². The number of benzene rings is 1. The van der Waals surface area contributed by atoms with Crippen molar-refractivity contribution < 1.29 is 9.90 Å². The van der Waals surface area contributed by atoms with E-state index in [1.54, 1.807) is 0 Å². The van der Waals surface area contributed by atoms with E-state index in [0.29, 0.717) is 6.42 Å². The first-order valence-corrected chi connectivity index (χ1v) is 6.93. The van der Waals surface area contributed by atoms with Crippen LogP contribution in [0.5, 0.6) is 0 Å². The van der Waals surface area contributed by atoms with E-state index in [1.165, 1.54) is 0 Å². The molecule has 4 heteroatoms. The second kappa shape index (κ2) is 7.09. The van der Waals surface area contributed by atoms with Gasteiger partial charge in [-0.05, 0) is 37.1 Å². The minimum atomic E-state index is -0.235. The van der Waals surface area contributed by atoms with E-state index in [1.807, 2.05) is 24.3 Å². The number of nitrogens with two attached hydrogens (primary N) is 1. The van der Waals surface area contributed by atoms with Crippen LogP contribution in [0.15, 0.2) is 24.3 Å².